The summed E-state index contributed by atoms with van der Waals surface area (Å²) in [7, 11) is 0. The van der Waals surface area contributed by atoms with Crippen molar-refractivity contribution in [3.05, 3.63) is 35.9 Å². The third-order valence-electron chi connectivity index (χ3n) is 2.46. The van der Waals surface area contributed by atoms with Crippen LogP contribution >= 0.6 is 0 Å². The maximum Gasteiger partial charge on any atom is 0.255 e. The van der Waals surface area contributed by atoms with Crippen LogP contribution in [0, 0.1) is 0 Å². The number of aliphatic hydroxyl groups is 1. The minimum Gasteiger partial charge on any atom is -0.395 e. The zero-order valence-electron chi connectivity index (χ0n) is 9.80. The van der Waals surface area contributed by atoms with Crippen LogP contribution in [-0.2, 0) is 4.79 Å². The van der Waals surface area contributed by atoms with Gasteiger partial charge in [-0.2, -0.15) is 0 Å². The molecule has 0 fully saturated rings. The Morgan fingerprint density at radius 2 is 1.94 bits per heavy atom. The highest BCUT2D eigenvalue weighted by Gasteiger charge is 2.24. The summed E-state index contributed by atoms with van der Waals surface area (Å²) in [5.74, 6) is -0.615. The Labute approximate surface area is 104 Å². The molecule has 100 valence electrons. The van der Waals surface area contributed by atoms with Crippen molar-refractivity contribution in [3.63, 3.8) is 0 Å². The second-order valence-electron chi connectivity index (χ2n) is 3.79. The third kappa shape index (κ3) is 4.05. The zero-order chi connectivity index (χ0) is 13.5. The molecule has 0 radical (unpaired) electrons. The van der Waals surface area contributed by atoms with Crippen LogP contribution in [0.5, 0.6) is 0 Å². The molecule has 1 atom stereocenters. The van der Waals surface area contributed by atoms with E-state index < -0.39 is 24.9 Å². The molecule has 1 aromatic carbocycles. The summed E-state index contributed by atoms with van der Waals surface area (Å²) < 4.78 is 24.6. The molecule has 0 spiro atoms. The average Bonchev–Trinajstić information content (AvgIpc) is 2.37. The highest BCUT2D eigenvalue weighted by molar-refractivity contribution is 5.83. The highest BCUT2D eigenvalue weighted by Crippen LogP contribution is 2.13. The van der Waals surface area contributed by atoms with E-state index in [1.165, 1.54) is 0 Å². The number of halogens is 2. The SMILES string of the molecule is NC(C(=O)N(CCO)CC(F)F)c1ccccc1. The van der Waals surface area contributed by atoms with E-state index in [0.29, 0.717) is 5.56 Å². The van der Waals surface area contributed by atoms with Gasteiger partial charge in [0.05, 0.1) is 13.2 Å². The molecule has 1 unspecified atom stereocenters. The minimum atomic E-state index is -2.65. The van der Waals surface area contributed by atoms with Crippen molar-refractivity contribution in [1.29, 1.82) is 0 Å². The van der Waals surface area contributed by atoms with Crippen LogP contribution in [0.1, 0.15) is 11.6 Å². The van der Waals surface area contributed by atoms with Crippen LogP contribution in [-0.4, -0.2) is 42.0 Å². The summed E-state index contributed by atoms with van der Waals surface area (Å²) in [6.07, 6.45) is -2.65. The second-order valence-corrected chi connectivity index (χ2v) is 3.79. The summed E-state index contributed by atoms with van der Waals surface area (Å²) >= 11 is 0. The zero-order valence-corrected chi connectivity index (χ0v) is 9.80. The number of rotatable bonds is 6. The molecule has 0 saturated carbocycles. The quantitative estimate of drug-likeness (QED) is 0.792. The molecule has 1 rings (SSSR count). The van der Waals surface area contributed by atoms with Crippen molar-refractivity contribution in [1.82, 2.24) is 4.90 Å². The Morgan fingerprint density at radius 3 is 2.44 bits per heavy atom. The van der Waals surface area contributed by atoms with E-state index in [2.05, 4.69) is 0 Å². The van der Waals surface area contributed by atoms with E-state index in [0.717, 1.165) is 4.90 Å². The first-order chi connectivity index (χ1) is 8.56. The number of hydrogen-bond donors (Lipinski definition) is 2. The van der Waals surface area contributed by atoms with Crippen LogP contribution in [0.3, 0.4) is 0 Å². The Kier molecular flexibility index (Phi) is 5.67. The van der Waals surface area contributed by atoms with Gasteiger partial charge in [0.2, 0.25) is 5.91 Å². The highest BCUT2D eigenvalue weighted by atomic mass is 19.3. The van der Waals surface area contributed by atoms with E-state index >= 15 is 0 Å². The maximum atomic E-state index is 12.3. The fourth-order valence-electron chi connectivity index (χ4n) is 1.58. The van der Waals surface area contributed by atoms with Gasteiger partial charge >= 0.3 is 0 Å². The first-order valence-corrected chi connectivity index (χ1v) is 5.54. The number of benzene rings is 1. The molecule has 0 bridgehead atoms. The molecule has 0 aliphatic rings. The summed E-state index contributed by atoms with van der Waals surface area (Å²) in [4.78, 5) is 12.8. The Morgan fingerprint density at radius 1 is 1.33 bits per heavy atom. The predicted molar refractivity (Wildman–Crippen MR) is 63.0 cm³/mol. The van der Waals surface area contributed by atoms with Gasteiger partial charge in [0.25, 0.3) is 6.43 Å². The molecule has 3 N–H and O–H groups in total. The molecule has 0 aromatic heterocycles. The number of amides is 1. The lowest BCUT2D eigenvalue weighted by Gasteiger charge is -2.24. The topological polar surface area (TPSA) is 66.6 Å². The van der Waals surface area contributed by atoms with E-state index in [4.69, 9.17) is 10.8 Å². The predicted octanol–water partition coefficient (Wildman–Crippen LogP) is 0.772. The summed E-state index contributed by atoms with van der Waals surface area (Å²) in [6, 6.07) is 7.52. The van der Waals surface area contributed by atoms with Crippen molar-refractivity contribution in [2.24, 2.45) is 5.73 Å². The smallest absolute Gasteiger partial charge is 0.255 e. The molecule has 0 aliphatic heterocycles. The normalized spacial score (nSPS) is 12.5. The first kappa shape index (κ1) is 14.5. The van der Waals surface area contributed by atoms with Crippen molar-refractivity contribution in [3.8, 4) is 0 Å². The average molecular weight is 258 g/mol. The van der Waals surface area contributed by atoms with E-state index in [9.17, 15) is 13.6 Å². The molecular formula is C12H16F2N2O2. The van der Waals surface area contributed by atoms with Crippen molar-refractivity contribution < 1.29 is 18.7 Å². The lowest BCUT2D eigenvalue weighted by atomic mass is 10.1. The number of carbonyl (C=O) groups is 1. The fourth-order valence-corrected chi connectivity index (χ4v) is 1.58. The summed E-state index contributed by atoms with van der Waals surface area (Å²) in [5, 5.41) is 8.77. The summed E-state index contributed by atoms with van der Waals surface area (Å²) in [6.45, 7) is -1.25. The number of alkyl halides is 2. The number of carbonyl (C=O) groups excluding carboxylic acids is 1. The number of nitrogens with two attached hydrogens (primary N) is 1. The lowest BCUT2D eigenvalue weighted by Crippen LogP contribution is -2.42. The van der Waals surface area contributed by atoms with Gasteiger partial charge in [-0.25, -0.2) is 8.78 Å². The van der Waals surface area contributed by atoms with Crippen LogP contribution in [0.25, 0.3) is 0 Å². The van der Waals surface area contributed by atoms with Crippen molar-refractivity contribution >= 4 is 5.91 Å². The van der Waals surface area contributed by atoms with Crippen LogP contribution < -0.4 is 5.73 Å². The molecule has 1 aromatic rings. The molecule has 1 amide bonds. The number of hydrogen-bond acceptors (Lipinski definition) is 3. The van der Waals surface area contributed by atoms with Gasteiger partial charge in [-0.15, -0.1) is 0 Å². The van der Waals surface area contributed by atoms with Gasteiger partial charge in [0.15, 0.2) is 0 Å². The van der Waals surface area contributed by atoms with Crippen LogP contribution in [0.4, 0.5) is 8.78 Å². The largest absolute Gasteiger partial charge is 0.395 e. The van der Waals surface area contributed by atoms with E-state index in [1.807, 2.05) is 0 Å². The van der Waals surface area contributed by atoms with Crippen molar-refractivity contribution in [2.75, 3.05) is 19.7 Å². The van der Waals surface area contributed by atoms with Gasteiger partial charge in [-0.3, -0.25) is 4.79 Å². The fraction of sp³-hybridized carbons (Fsp3) is 0.417. The van der Waals surface area contributed by atoms with Gasteiger partial charge in [-0.05, 0) is 5.56 Å². The Hall–Kier alpha value is -1.53. The van der Waals surface area contributed by atoms with Gasteiger partial charge < -0.3 is 15.7 Å². The van der Waals surface area contributed by atoms with Crippen molar-refractivity contribution in [2.45, 2.75) is 12.5 Å². The molecule has 6 heteroatoms. The van der Waals surface area contributed by atoms with Crippen LogP contribution in [0.15, 0.2) is 30.3 Å². The lowest BCUT2D eigenvalue weighted by molar-refractivity contribution is -0.135. The first-order valence-electron chi connectivity index (χ1n) is 5.54. The molecule has 0 aliphatic carbocycles. The Bertz CT molecular complexity index is 374. The Balaban J connectivity index is 2.76. The molecule has 0 heterocycles. The number of nitrogens with zero attached hydrogens (tertiary/aromatic N) is 1. The number of aliphatic hydroxyl groups excluding tert-OH is 1. The van der Waals surface area contributed by atoms with E-state index in [1.54, 1.807) is 30.3 Å². The minimum absolute atomic E-state index is 0.149. The molecule has 0 saturated heterocycles. The van der Waals surface area contributed by atoms with E-state index in [-0.39, 0.29) is 13.2 Å². The van der Waals surface area contributed by atoms with Crippen LogP contribution in [0.2, 0.25) is 0 Å². The second kappa shape index (κ2) is 7.03. The van der Waals surface area contributed by atoms with Gasteiger partial charge in [0, 0.05) is 6.54 Å². The standard InChI is InChI=1S/C12H16F2N2O2/c13-10(14)8-16(6-7-17)12(18)11(15)9-4-2-1-3-5-9/h1-5,10-11,17H,6-8,15H2. The molecule has 18 heavy (non-hydrogen) atoms. The third-order valence-corrected chi connectivity index (χ3v) is 2.46. The summed E-state index contributed by atoms with van der Waals surface area (Å²) in [5.41, 5.74) is 6.28. The molecular weight excluding hydrogens is 242 g/mol. The monoisotopic (exact) mass is 258 g/mol. The van der Waals surface area contributed by atoms with Gasteiger partial charge in [-0.1, -0.05) is 30.3 Å². The molecule has 4 nitrogen and oxygen atoms in total. The van der Waals surface area contributed by atoms with Gasteiger partial charge in [0.1, 0.15) is 6.04 Å². The maximum absolute atomic E-state index is 12.3.